The summed E-state index contributed by atoms with van der Waals surface area (Å²) in [5, 5.41) is 0. The average molecular weight is 642 g/mol. The van der Waals surface area contributed by atoms with Gasteiger partial charge in [0.15, 0.2) is 0 Å². The van der Waals surface area contributed by atoms with Crippen LogP contribution >= 0.6 is 15.9 Å². The molecule has 44 heavy (non-hydrogen) atoms. The van der Waals surface area contributed by atoms with Crippen LogP contribution in [0.3, 0.4) is 0 Å². The third kappa shape index (κ3) is 4.63. The minimum Gasteiger partial charge on any atom is -0.462 e. The first kappa shape index (κ1) is 27.9. The van der Waals surface area contributed by atoms with Crippen molar-refractivity contribution in [3.63, 3.8) is 0 Å². The molecular formula is C38H29BrN2O3. The number of carbonyl (C=O) groups is 2. The van der Waals surface area contributed by atoms with E-state index in [1.807, 2.05) is 151 Å². The molecule has 2 aliphatic heterocycles. The molecule has 2 atom stereocenters. The van der Waals surface area contributed by atoms with Crippen molar-refractivity contribution < 1.29 is 14.3 Å². The van der Waals surface area contributed by atoms with Crippen LogP contribution < -0.4 is 9.80 Å². The van der Waals surface area contributed by atoms with Gasteiger partial charge in [-0.15, -0.1) is 0 Å². The van der Waals surface area contributed by atoms with Crippen molar-refractivity contribution in [2.24, 2.45) is 0 Å². The molecule has 0 saturated heterocycles. The number of carbonyl (C=O) groups excluding carboxylic acids is 2. The molecule has 0 unspecified atom stereocenters. The van der Waals surface area contributed by atoms with E-state index < -0.39 is 11.8 Å². The van der Waals surface area contributed by atoms with E-state index in [1.54, 1.807) is 4.90 Å². The van der Waals surface area contributed by atoms with Gasteiger partial charge < -0.3 is 4.74 Å². The summed E-state index contributed by atoms with van der Waals surface area (Å²) in [6, 6.07) is 44.1. The molecule has 0 aromatic heterocycles. The van der Waals surface area contributed by atoms with Crippen LogP contribution in [-0.2, 0) is 15.3 Å². The highest BCUT2D eigenvalue weighted by atomic mass is 79.9. The van der Waals surface area contributed by atoms with Crippen LogP contribution in [0, 0.1) is 0 Å². The molecule has 0 radical (unpaired) electrons. The zero-order valence-electron chi connectivity index (χ0n) is 24.1. The highest BCUT2D eigenvalue weighted by Gasteiger charge is 2.55. The Balaban J connectivity index is 1.55. The van der Waals surface area contributed by atoms with E-state index in [0.29, 0.717) is 28.3 Å². The number of hydrogen-bond donors (Lipinski definition) is 0. The van der Waals surface area contributed by atoms with Crippen LogP contribution in [0.15, 0.2) is 150 Å². The number of benzene rings is 5. The van der Waals surface area contributed by atoms with Gasteiger partial charge in [0.05, 0.1) is 23.0 Å². The number of halogens is 1. The molecule has 2 heterocycles. The molecule has 216 valence electrons. The Morgan fingerprint density at radius 3 is 2.07 bits per heavy atom. The lowest BCUT2D eigenvalue weighted by molar-refractivity contribution is -0.122. The maximum Gasteiger partial charge on any atom is 0.261 e. The molecule has 5 aromatic rings. The van der Waals surface area contributed by atoms with Gasteiger partial charge in [0.2, 0.25) is 5.72 Å². The largest absolute Gasteiger partial charge is 0.462 e. The Bertz CT molecular complexity index is 1890. The molecule has 0 fully saturated rings. The molecule has 7 rings (SSSR count). The third-order valence-corrected chi connectivity index (χ3v) is 8.89. The van der Waals surface area contributed by atoms with Crippen molar-refractivity contribution in [2.45, 2.75) is 25.1 Å². The van der Waals surface area contributed by atoms with E-state index in [1.165, 1.54) is 0 Å². The van der Waals surface area contributed by atoms with Crippen molar-refractivity contribution in [2.75, 3.05) is 9.80 Å². The van der Waals surface area contributed by atoms with Gasteiger partial charge in [-0.25, -0.2) is 0 Å². The van der Waals surface area contributed by atoms with Gasteiger partial charge in [0.1, 0.15) is 5.76 Å². The second kappa shape index (κ2) is 11.3. The fraction of sp³-hybridized carbons (Fsp3) is 0.105. The predicted molar refractivity (Wildman–Crippen MR) is 177 cm³/mol. The maximum absolute atomic E-state index is 14.8. The molecule has 5 aromatic carbocycles. The van der Waals surface area contributed by atoms with Crippen molar-refractivity contribution in [1.82, 2.24) is 0 Å². The minimum absolute atomic E-state index is 0.161. The Kier molecular flexibility index (Phi) is 7.15. The van der Waals surface area contributed by atoms with E-state index in [-0.39, 0.29) is 18.2 Å². The van der Waals surface area contributed by atoms with Gasteiger partial charge >= 0.3 is 0 Å². The minimum atomic E-state index is -1.28. The first-order valence-corrected chi connectivity index (χ1v) is 15.4. The van der Waals surface area contributed by atoms with E-state index in [4.69, 9.17) is 4.74 Å². The van der Waals surface area contributed by atoms with E-state index in [2.05, 4.69) is 15.9 Å². The second-order valence-corrected chi connectivity index (χ2v) is 11.9. The lowest BCUT2D eigenvalue weighted by Gasteiger charge is -2.47. The standard InChI is InChI=1S/C38H29BrN2O3/c1-26-35(27-14-5-2-6-15-27)44-38(30-19-9-4-10-20-30)25-34(29-18-13-21-31(39)24-29)40(37(43)28-16-7-3-8-17-28)32-22-11-12-23-33(32)41(38)36(26)42/h2-24,34H,25H2,1H3/t34-,38-/m0/s1. The topological polar surface area (TPSA) is 49.9 Å². The van der Waals surface area contributed by atoms with Crippen LogP contribution in [0.5, 0.6) is 0 Å². The number of nitrogens with zero attached hydrogens (tertiary/aromatic N) is 2. The van der Waals surface area contributed by atoms with Crippen molar-refractivity contribution in [3.8, 4) is 0 Å². The quantitative estimate of drug-likeness (QED) is 0.197. The summed E-state index contributed by atoms with van der Waals surface area (Å²) in [5.74, 6) is 0.198. The molecule has 2 aliphatic rings. The molecule has 2 amide bonds. The van der Waals surface area contributed by atoms with E-state index in [9.17, 15) is 9.59 Å². The van der Waals surface area contributed by atoms with Crippen LogP contribution in [0.2, 0.25) is 0 Å². The monoisotopic (exact) mass is 640 g/mol. The molecule has 0 N–H and O–H groups in total. The fourth-order valence-corrected chi connectivity index (χ4v) is 6.77. The number of anilines is 2. The molecule has 5 nitrogen and oxygen atoms in total. The van der Waals surface area contributed by atoms with Gasteiger partial charge in [-0.1, -0.05) is 119 Å². The summed E-state index contributed by atoms with van der Waals surface area (Å²) in [6.07, 6.45) is 0.274. The van der Waals surface area contributed by atoms with Gasteiger partial charge in [0, 0.05) is 27.6 Å². The zero-order valence-corrected chi connectivity index (χ0v) is 25.6. The summed E-state index contributed by atoms with van der Waals surface area (Å²) in [6.45, 7) is 1.81. The van der Waals surface area contributed by atoms with E-state index >= 15 is 0 Å². The zero-order chi connectivity index (χ0) is 30.3. The van der Waals surface area contributed by atoms with Crippen molar-refractivity contribution in [1.29, 1.82) is 0 Å². The number of amides is 2. The Morgan fingerprint density at radius 1 is 0.773 bits per heavy atom. The highest BCUT2D eigenvalue weighted by Crippen LogP contribution is 2.55. The highest BCUT2D eigenvalue weighted by molar-refractivity contribution is 9.10. The molecular weight excluding hydrogens is 612 g/mol. The van der Waals surface area contributed by atoms with Gasteiger partial charge in [-0.2, -0.15) is 0 Å². The number of ether oxygens (including phenoxy) is 1. The summed E-state index contributed by atoms with van der Waals surface area (Å²) >= 11 is 3.66. The first-order valence-electron chi connectivity index (χ1n) is 14.6. The maximum atomic E-state index is 14.8. The third-order valence-electron chi connectivity index (χ3n) is 8.39. The van der Waals surface area contributed by atoms with Gasteiger partial charge in [-0.3, -0.25) is 19.4 Å². The molecule has 0 bridgehead atoms. The normalized spacial score (nSPS) is 19.5. The summed E-state index contributed by atoms with van der Waals surface area (Å²) in [4.78, 5) is 33.0. The van der Waals surface area contributed by atoms with Crippen LogP contribution in [0.25, 0.3) is 5.76 Å². The molecule has 0 aliphatic carbocycles. The molecule has 0 spiro atoms. The molecule has 6 heteroatoms. The Hall–Kier alpha value is -4.94. The Morgan fingerprint density at radius 2 is 1.39 bits per heavy atom. The summed E-state index contributed by atoms with van der Waals surface area (Å²) in [5.41, 5.74) is 3.57. The van der Waals surface area contributed by atoms with E-state index in [0.717, 1.165) is 21.2 Å². The lowest BCUT2D eigenvalue weighted by Crippen LogP contribution is -2.55. The average Bonchev–Trinajstić information content (AvgIpc) is 3.21. The van der Waals surface area contributed by atoms with Crippen molar-refractivity contribution in [3.05, 3.63) is 172 Å². The Labute approximate surface area is 265 Å². The van der Waals surface area contributed by atoms with Crippen LogP contribution in [0.1, 0.15) is 46.4 Å². The number of hydrogen-bond acceptors (Lipinski definition) is 3. The summed E-state index contributed by atoms with van der Waals surface area (Å²) < 4.78 is 8.12. The first-order chi connectivity index (χ1) is 21.5. The number of para-hydroxylation sites is 2. The van der Waals surface area contributed by atoms with Crippen LogP contribution in [-0.4, -0.2) is 11.8 Å². The molecule has 0 saturated carbocycles. The smallest absolute Gasteiger partial charge is 0.261 e. The van der Waals surface area contributed by atoms with Gasteiger partial charge in [-0.05, 0) is 48.9 Å². The number of fused-ring (bicyclic) bond motifs is 3. The SMILES string of the molecule is CC1=C(c2ccccc2)O[C@]2(c3ccccc3)C[C@@H](c3cccc(Br)c3)N(C(=O)c3ccccc3)c3ccccc3N2C1=O. The fourth-order valence-electron chi connectivity index (χ4n) is 6.36. The summed E-state index contributed by atoms with van der Waals surface area (Å²) in [7, 11) is 0. The second-order valence-electron chi connectivity index (χ2n) is 11.0. The predicted octanol–water partition coefficient (Wildman–Crippen LogP) is 8.89. The van der Waals surface area contributed by atoms with Crippen LogP contribution in [0.4, 0.5) is 11.4 Å². The number of rotatable bonds is 4. The lowest BCUT2D eigenvalue weighted by atomic mass is 9.87. The van der Waals surface area contributed by atoms with Gasteiger partial charge in [0.25, 0.3) is 11.8 Å². The van der Waals surface area contributed by atoms with Crippen molar-refractivity contribution >= 4 is 44.9 Å².